The lowest BCUT2D eigenvalue weighted by atomic mass is 9.88. The summed E-state index contributed by atoms with van der Waals surface area (Å²) >= 11 is 5.97. The highest BCUT2D eigenvalue weighted by Crippen LogP contribution is 2.33. The lowest BCUT2D eigenvalue weighted by Gasteiger charge is -2.29. The molecular weight excluding hydrogens is 425 g/mol. The predicted molar refractivity (Wildman–Crippen MR) is 132 cm³/mol. The number of hydrogen-bond acceptors (Lipinski definition) is 5. The molecule has 168 valence electrons. The van der Waals surface area contributed by atoms with Gasteiger partial charge in [0.05, 0.1) is 10.5 Å². The normalized spacial score (nSPS) is 15.4. The van der Waals surface area contributed by atoms with Gasteiger partial charge >= 0.3 is 0 Å². The summed E-state index contributed by atoms with van der Waals surface area (Å²) in [6.45, 7) is 10.5. The first-order chi connectivity index (χ1) is 15.2. The summed E-state index contributed by atoms with van der Waals surface area (Å²) in [6, 6.07) is 10.9. The van der Waals surface area contributed by atoms with Crippen LogP contribution < -0.4 is 16.0 Å². The van der Waals surface area contributed by atoms with E-state index in [2.05, 4.69) is 67.9 Å². The van der Waals surface area contributed by atoms with E-state index in [0.717, 1.165) is 41.8 Å². The van der Waals surface area contributed by atoms with Gasteiger partial charge in [0.15, 0.2) is 0 Å². The number of anilines is 3. The van der Waals surface area contributed by atoms with Gasteiger partial charge in [-0.15, -0.1) is 0 Å². The van der Waals surface area contributed by atoms with Gasteiger partial charge in [-0.05, 0) is 55.1 Å². The average Bonchev–Trinajstić information content (AvgIpc) is 2.76. The first-order valence-corrected chi connectivity index (χ1v) is 11.3. The van der Waals surface area contributed by atoms with Crippen molar-refractivity contribution < 1.29 is 4.39 Å². The molecule has 0 spiro atoms. The molecule has 1 unspecified atom stereocenters. The van der Waals surface area contributed by atoms with E-state index in [9.17, 15) is 4.39 Å². The van der Waals surface area contributed by atoms with Crippen LogP contribution in [0.3, 0.4) is 0 Å². The lowest BCUT2D eigenvalue weighted by molar-refractivity contribution is 0.359. The number of fused-ring (bicyclic) bond motifs is 1. The molecule has 5 nitrogen and oxygen atoms in total. The van der Waals surface area contributed by atoms with Gasteiger partial charge in [0.1, 0.15) is 11.6 Å². The van der Waals surface area contributed by atoms with Gasteiger partial charge in [-0.3, -0.25) is 0 Å². The smallest absolute Gasteiger partial charge is 0.229 e. The minimum Gasteiger partial charge on any atom is -0.366 e. The molecule has 32 heavy (non-hydrogen) atoms. The van der Waals surface area contributed by atoms with Gasteiger partial charge in [-0.1, -0.05) is 50.6 Å². The number of nitrogens with one attached hydrogen (secondary N) is 3. The van der Waals surface area contributed by atoms with Crippen molar-refractivity contribution in [2.45, 2.75) is 40.2 Å². The van der Waals surface area contributed by atoms with E-state index in [1.807, 2.05) is 0 Å². The summed E-state index contributed by atoms with van der Waals surface area (Å²) in [6.07, 6.45) is 3.17. The molecule has 4 rings (SSSR count). The molecule has 2 heterocycles. The highest BCUT2D eigenvalue weighted by Gasteiger charge is 2.22. The van der Waals surface area contributed by atoms with Crippen LogP contribution in [0.2, 0.25) is 5.02 Å². The minimum absolute atomic E-state index is 0.0462. The molecule has 0 saturated carbocycles. The van der Waals surface area contributed by atoms with Gasteiger partial charge in [-0.25, -0.2) is 9.37 Å². The third-order valence-electron chi connectivity index (χ3n) is 5.96. The molecule has 1 aromatic heterocycles. The Hall–Kier alpha value is -2.70. The molecule has 0 bridgehead atoms. The predicted octanol–water partition coefficient (Wildman–Crippen LogP) is 6.39. The summed E-state index contributed by atoms with van der Waals surface area (Å²) < 4.78 is 13.6. The van der Waals surface area contributed by atoms with E-state index in [1.165, 1.54) is 17.7 Å². The van der Waals surface area contributed by atoms with Crippen LogP contribution in [0.1, 0.15) is 39.7 Å². The number of halogens is 2. The van der Waals surface area contributed by atoms with Gasteiger partial charge < -0.3 is 16.0 Å². The quantitative estimate of drug-likeness (QED) is 0.418. The van der Waals surface area contributed by atoms with Crippen molar-refractivity contribution in [2.75, 3.05) is 23.7 Å². The van der Waals surface area contributed by atoms with Gasteiger partial charge in [-0.2, -0.15) is 4.98 Å². The van der Waals surface area contributed by atoms with E-state index in [-0.39, 0.29) is 16.5 Å². The maximum atomic E-state index is 13.6. The van der Waals surface area contributed by atoms with Crippen molar-refractivity contribution in [2.24, 2.45) is 5.41 Å². The maximum Gasteiger partial charge on any atom is 0.229 e. The molecule has 7 heteroatoms. The zero-order valence-corrected chi connectivity index (χ0v) is 19.6. The van der Waals surface area contributed by atoms with Crippen LogP contribution in [-0.4, -0.2) is 29.1 Å². The van der Waals surface area contributed by atoms with Crippen LogP contribution >= 0.6 is 11.6 Å². The lowest BCUT2D eigenvalue weighted by Crippen LogP contribution is -2.31. The monoisotopic (exact) mass is 453 g/mol. The third-order valence-corrected chi connectivity index (χ3v) is 6.25. The fourth-order valence-electron chi connectivity index (χ4n) is 3.57. The first-order valence-electron chi connectivity index (χ1n) is 10.9. The van der Waals surface area contributed by atoms with Crippen molar-refractivity contribution >= 4 is 45.5 Å². The minimum atomic E-state index is -0.460. The Labute approximate surface area is 193 Å². The van der Waals surface area contributed by atoms with E-state index in [4.69, 9.17) is 21.6 Å². The summed E-state index contributed by atoms with van der Waals surface area (Å²) in [5.41, 5.74) is 3.95. The fraction of sp³-hybridized carbons (Fsp3) is 0.360. The standard InChI is InChI=1S/C25H29ClFN5/c1-15(25(2,3)4)29-23-19-7-5-6-18(16-10-12-28-13-11-16)22(19)31-24(32-23)30-17-8-9-21(27)20(26)14-17/h5-10,14-15,28H,11-13H2,1-4H3,(H2,29,30,31,32). The molecule has 2 aromatic carbocycles. The summed E-state index contributed by atoms with van der Waals surface area (Å²) in [7, 11) is 0. The molecule has 1 atom stereocenters. The van der Waals surface area contributed by atoms with E-state index < -0.39 is 5.82 Å². The molecular formula is C25H29ClFN5. The Kier molecular flexibility index (Phi) is 6.35. The molecule has 3 N–H and O–H groups in total. The number of nitrogens with zero attached hydrogens (tertiary/aromatic N) is 2. The zero-order chi connectivity index (χ0) is 22.9. The van der Waals surface area contributed by atoms with Crippen molar-refractivity contribution in [1.29, 1.82) is 0 Å². The topological polar surface area (TPSA) is 61.9 Å². The molecule has 1 aliphatic heterocycles. The second-order valence-corrected chi connectivity index (χ2v) is 9.67. The van der Waals surface area contributed by atoms with Crippen molar-refractivity contribution in [3.8, 4) is 0 Å². The number of rotatable bonds is 5. The molecule has 0 saturated heterocycles. The number of para-hydroxylation sites is 1. The van der Waals surface area contributed by atoms with Crippen molar-refractivity contribution in [3.63, 3.8) is 0 Å². The van der Waals surface area contributed by atoms with E-state index >= 15 is 0 Å². The Bertz CT molecular complexity index is 1170. The molecule has 3 aromatic rings. The van der Waals surface area contributed by atoms with Crippen LogP contribution in [0.15, 0.2) is 42.5 Å². The Morgan fingerprint density at radius 2 is 1.97 bits per heavy atom. The zero-order valence-electron chi connectivity index (χ0n) is 18.9. The number of benzene rings is 2. The van der Waals surface area contributed by atoms with E-state index in [0.29, 0.717) is 11.6 Å². The Balaban J connectivity index is 1.83. The fourth-order valence-corrected chi connectivity index (χ4v) is 3.75. The number of aromatic nitrogens is 2. The van der Waals surface area contributed by atoms with E-state index in [1.54, 1.807) is 6.07 Å². The third kappa shape index (κ3) is 4.87. The average molecular weight is 454 g/mol. The van der Waals surface area contributed by atoms with Crippen LogP contribution in [0, 0.1) is 11.2 Å². The Morgan fingerprint density at radius 3 is 2.66 bits per heavy atom. The molecule has 0 aliphatic carbocycles. The highest BCUT2D eigenvalue weighted by atomic mass is 35.5. The Morgan fingerprint density at radius 1 is 1.16 bits per heavy atom. The second-order valence-electron chi connectivity index (χ2n) is 9.27. The SMILES string of the molecule is CC(Nc1nc(Nc2ccc(F)c(Cl)c2)nc2c(C3=CCNCC3)cccc12)C(C)(C)C. The molecule has 0 radical (unpaired) electrons. The molecule has 1 aliphatic rings. The largest absolute Gasteiger partial charge is 0.366 e. The maximum absolute atomic E-state index is 13.6. The number of hydrogen-bond donors (Lipinski definition) is 3. The van der Waals surface area contributed by atoms with Gasteiger partial charge in [0.2, 0.25) is 5.95 Å². The molecule has 0 fully saturated rings. The van der Waals surface area contributed by atoms with Crippen LogP contribution in [0.25, 0.3) is 16.5 Å². The summed E-state index contributed by atoms with van der Waals surface area (Å²) in [5.74, 6) is 0.744. The van der Waals surface area contributed by atoms with Crippen LogP contribution in [0.4, 0.5) is 21.8 Å². The van der Waals surface area contributed by atoms with Crippen LogP contribution in [-0.2, 0) is 0 Å². The summed E-state index contributed by atoms with van der Waals surface area (Å²) in [4.78, 5) is 9.65. The van der Waals surface area contributed by atoms with Crippen molar-refractivity contribution in [3.05, 3.63) is 58.9 Å². The molecule has 0 amide bonds. The van der Waals surface area contributed by atoms with Gasteiger partial charge in [0, 0.05) is 29.2 Å². The van der Waals surface area contributed by atoms with Crippen molar-refractivity contribution in [1.82, 2.24) is 15.3 Å². The first kappa shape index (κ1) is 22.5. The second kappa shape index (κ2) is 9.04. The van der Waals surface area contributed by atoms with Gasteiger partial charge in [0.25, 0.3) is 0 Å². The summed E-state index contributed by atoms with van der Waals surface area (Å²) in [5, 5.41) is 11.2. The van der Waals surface area contributed by atoms with Crippen LogP contribution in [0.5, 0.6) is 0 Å². The highest BCUT2D eigenvalue weighted by molar-refractivity contribution is 6.31.